The van der Waals surface area contributed by atoms with E-state index in [1.165, 1.54) is 11.3 Å². The summed E-state index contributed by atoms with van der Waals surface area (Å²) in [5, 5.41) is 10.8. The Balaban J connectivity index is 2.01. The monoisotopic (exact) mass is 295 g/mol. The van der Waals surface area contributed by atoms with Crippen molar-refractivity contribution in [3.63, 3.8) is 0 Å². The Labute approximate surface area is 120 Å². The van der Waals surface area contributed by atoms with Gasteiger partial charge in [0.1, 0.15) is 0 Å². The van der Waals surface area contributed by atoms with Crippen LogP contribution in [-0.2, 0) is 16.0 Å². The second kappa shape index (κ2) is 6.04. The molecule has 0 bridgehead atoms. The zero-order chi connectivity index (χ0) is 14.7. The molecule has 1 N–H and O–H groups in total. The van der Waals surface area contributed by atoms with Gasteiger partial charge >= 0.3 is 5.97 Å². The van der Waals surface area contributed by atoms with E-state index >= 15 is 0 Å². The summed E-state index contributed by atoms with van der Waals surface area (Å²) >= 11 is 1.51. The molecular weight excluding hydrogens is 278 g/mol. The standard InChI is InChI=1S/C13H17N3O3S/c1-3-15(7-9(2)12(18)19)11(17)6-10-8-16-4-5-20-13(16)14-10/h4-5,8-9H,3,6-7H2,1-2H3,(H,18,19). The van der Waals surface area contributed by atoms with Crippen molar-refractivity contribution in [2.24, 2.45) is 5.92 Å². The Morgan fingerprint density at radius 2 is 2.30 bits per heavy atom. The van der Waals surface area contributed by atoms with Gasteiger partial charge in [0.2, 0.25) is 5.91 Å². The summed E-state index contributed by atoms with van der Waals surface area (Å²) < 4.78 is 1.88. The molecule has 7 heteroatoms. The zero-order valence-corrected chi connectivity index (χ0v) is 12.3. The molecule has 0 spiro atoms. The fraction of sp³-hybridized carbons (Fsp3) is 0.462. The van der Waals surface area contributed by atoms with Crippen LogP contribution in [0.2, 0.25) is 0 Å². The third kappa shape index (κ3) is 3.16. The van der Waals surface area contributed by atoms with Crippen molar-refractivity contribution in [3.8, 4) is 0 Å². The number of thiazole rings is 1. The van der Waals surface area contributed by atoms with E-state index in [1.807, 2.05) is 29.1 Å². The van der Waals surface area contributed by atoms with Gasteiger partial charge in [-0.2, -0.15) is 0 Å². The maximum absolute atomic E-state index is 12.2. The van der Waals surface area contributed by atoms with Crippen LogP contribution < -0.4 is 0 Å². The van der Waals surface area contributed by atoms with Gasteiger partial charge in [0.15, 0.2) is 4.96 Å². The van der Waals surface area contributed by atoms with Gasteiger partial charge in [0.25, 0.3) is 0 Å². The number of carboxylic acids is 1. The molecule has 0 aromatic carbocycles. The van der Waals surface area contributed by atoms with E-state index in [4.69, 9.17) is 5.11 Å². The number of amides is 1. The summed E-state index contributed by atoms with van der Waals surface area (Å²) in [5.74, 6) is -1.55. The van der Waals surface area contributed by atoms with Crippen LogP contribution in [0.15, 0.2) is 17.8 Å². The number of carbonyl (C=O) groups is 2. The van der Waals surface area contributed by atoms with Gasteiger partial charge in [-0.25, -0.2) is 4.98 Å². The number of aliphatic carboxylic acids is 1. The molecule has 108 valence electrons. The van der Waals surface area contributed by atoms with Crippen LogP contribution in [0.1, 0.15) is 19.5 Å². The quantitative estimate of drug-likeness (QED) is 0.876. The Hall–Kier alpha value is -1.89. The summed E-state index contributed by atoms with van der Waals surface area (Å²) in [6.45, 7) is 4.18. The third-order valence-electron chi connectivity index (χ3n) is 3.13. The number of hydrogen-bond acceptors (Lipinski definition) is 4. The van der Waals surface area contributed by atoms with E-state index in [9.17, 15) is 9.59 Å². The summed E-state index contributed by atoms with van der Waals surface area (Å²) in [5.41, 5.74) is 0.711. The van der Waals surface area contributed by atoms with Crippen molar-refractivity contribution in [2.45, 2.75) is 20.3 Å². The lowest BCUT2D eigenvalue weighted by atomic mass is 10.1. The van der Waals surface area contributed by atoms with Crippen LogP contribution in [0, 0.1) is 5.92 Å². The molecule has 1 amide bonds. The first kappa shape index (κ1) is 14.5. The molecule has 0 aliphatic heterocycles. The van der Waals surface area contributed by atoms with Gasteiger partial charge in [-0.05, 0) is 6.92 Å². The van der Waals surface area contributed by atoms with Gasteiger partial charge < -0.3 is 10.0 Å². The number of imidazole rings is 1. The topological polar surface area (TPSA) is 74.9 Å². The molecule has 0 radical (unpaired) electrons. The second-order valence-electron chi connectivity index (χ2n) is 4.67. The molecule has 2 aromatic heterocycles. The van der Waals surface area contributed by atoms with Crippen molar-refractivity contribution in [1.82, 2.24) is 14.3 Å². The highest BCUT2D eigenvalue weighted by Gasteiger charge is 2.20. The SMILES string of the molecule is CCN(CC(C)C(=O)O)C(=O)Cc1cn2ccsc2n1. The first-order chi connectivity index (χ1) is 9.51. The van der Waals surface area contributed by atoms with Crippen molar-refractivity contribution in [3.05, 3.63) is 23.5 Å². The molecule has 0 saturated heterocycles. The Morgan fingerprint density at radius 1 is 1.55 bits per heavy atom. The minimum Gasteiger partial charge on any atom is -0.481 e. The molecule has 0 aliphatic carbocycles. The molecule has 6 nitrogen and oxygen atoms in total. The third-order valence-corrected chi connectivity index (χ3v) is 3.90. The van der Waals surface area contributed by atoms with E-state index < -0.39 is 11.9 Å². The van der Waals surface area contributed by atoms with Crippen molar-refractivity contribution >= 4 is 28.2 Å². The summed E-state index contributed by atoms with van der Waals surface area (Å²) in [6, 6.07) is 0. The van der Waals surface area contributed by atoms with Gasteiger partial charge in [0.05, 0.1) is 18.0 Å². The number of rotatable bonds is 6. The average Bonchev–Trinajstić information content (AvgIpc) is 2.95. The second-order valence-corrected chi connectivity index (χ2v) is 5.55. The van der Waals surface area contributed by atoms with Gasteiger partial charge in [-0.15, -0.1) is 11.3 Å². The summed E-state index contributed by atoms with van der Waals surface area (Å²) in [7, 11) is 0. The van der Waals surface area contributed by atoms with Crippen molar-refractivity contribution in [2.75, 3.05) is 13.1 Å². The molecule has 0 saturated carbocycles. The number of aromatic nitrogens is 2. The van der Waals surface area contributed by atoms with E-state index in [0.29, 0.717) is 12.2 Å². The molecular formula is C13H17N3O3S. The van der Waals surface area contributed by atoms with Gasteiger partial charge in [-0.3, -0.25) is 14.0 Å². The van der Waals surface area contributed by atoms with E-state index in [0.717, 1.165) is 4.96 Å². The maximum Gasteiger partial charge on any atom is 0.308 e. The van der Waals surface area contributed by atoms with Crippen molar-refractivity contribution < 1.29 is 14.7 Å². The van der Waals surface area contributed by atoms with Crippen molar-refractivity contribution in [1.29, 1.82) is 0 Å². The highest BCUT2D eigenvalue weighted by Crippen LogP contribution is 2.12. The van der Waals surface area contributed by atoms with Crippen LogP contribution in [0.25, 0.3) is 4.96 Å². The number of fused-ring (bicyclic) bond motifs is 1. The van der Waals surface area contributed by atoms with Crippen LogP contribution in [0.5, 0.6) is 0 Å². The lowest BCUT2D eigenvalue weighted by molar-refractivity contribution is -0.142. The molecule has 1 atom stereocenters. The maximum atomic E-state index is 12.2. The molecule has 2 rings (SSSR count). The minimum absolute atomic E-state index is 0.0913. The fourth-order valence-electron chi connectivity index (χ4n) is 1.94. The Bertz CT molecular complexity index is 591. The summed E-state index contributed by atoms with van der Waals surface area (Å²) in [4.78, 5) is 29.8. The number of likely N-dealkylation sites (N-methyl/N-ethyl adjacent to an activating group) is 1. The highest BCUT2D eigenvalue weighted by molar-refractivity contribution is 7.15. The number of carbonyl (C=O) groups excluding carboxylic acids is 1. The molecule has 2 heterocycles. The smallest absolute Gasteiger partial charge is 0.308 e. The first-order valence-corrected chi connectivity index (χ1v) is 7.31. The molecule has 0 aliphatic rings. The van der Waals surface area contributed by atoms with Gasteiger partial charge in [-0.1, -0.05) is 6.92 Å². The molecule has 20 heavy (non-hydrogen) atoms. The number of nitrogens with zero attached hydrogens (tertiary/aromatic N) is 3. The fourth-order valence-corrected chi connectivity index (χ4v) is 2.66. The largest absolute Gasteiger partial charge is 0.481 e. The average molecular weight is 295 g/mol. The molecule has 1 unspecified atom stereocenters. The number of carboxylic acid groups (broad SMARTS) is 1. The van der Waals surface area contributed by atoms with Gasteiger partial charge in [0, 0.05) is 30.9 Å². The lowest BCUT2D eigenvalue weighted by Gasteiger charge is -2.22. The Morgan fingerprint density at radius 3 is 2.90 bits per heavy atom. The van der Waals surface area contributed by atoms with E-state index in [-0.39, 0.29) is 18.9 Å². The lowest BCUT2D eigenvalue weighted by Crippen LogP contribution is -2.37. The Kier molecular flexibility index (Phi) is 4.39. The van der Waals surface area contributed by atoms with Crippen LogP contribution in [-0.4, -0.2) is 44.4 Å². The van der Waals surface area contributed by atoms with Crippen LogP contribution in [0.4, 0.5) is 0 Å². The van der Waals surface area contributed by atoms with Crippen LogP contribution >= 0.6 is 11.3 Å². The van der Waals surface area contributed by atoms with Crippen LogP contribution in [0.3, 0.4) is 0 Å². The molecule has 0 fully saturated rings. The molecule has 2 aromatic rings. The minimum atomic E-state index is -0.890. The highest BCUT2D eigenvalue weighted by atomic mass is 32.1. The number of hydrogen-bond donors (Lipinski definition) is 1. The van der Waals surface area contributed by atoms with E-state index in [2.05, 4.69) is 4.98 Å². The predicted octanol–water partition coefficient (Wildman–Crippen LogP) is 1.51. The normalized spacial score (nSPS) is 12.5. The first-order valence-electron chi connectivity index (χ1n) is 6.43. The zero-order valence-electron chi connectivity index (χ0n) is 11.4. The summed E-state index contributed by atoms with van der Waals surface area (Å²) in [6.07, 6.45) is 3.93. The predicted molar refractivity (Wildman–Crippen MR) is 75.8 cm³/mol. The van der Waals surface area contributed by atoms with E-state index in [1.54, 1.807) is 11.8 Å².